The standard InChI is InChI=1S/C19H26N4O4S/c1-11-6-7-14(8-12(11)2)22-28(25,26)17-9-16(27-13(17)3)18-15(10-20-21-18)19(24)23(4)5/h6-9,15,18,20-22H,10H2,1-5H3. The molecule has 0 spiro atoms. The van der Waals surface area contributed by atoms with E-state index in [2.05, 4.69) is 15.6 Å². The lowest BCUT2D eigenvalue weighted by molar-refractivity contribution is -0.133. The zero-order valence-electron chi connectivity index (χ0n) is 16.7. The first-order valence-electron chi connectivity index (χ1n) is 9.00. The summed E-state index contributed by atoms with van der Waals surface area (Å²) in [6.45, 7) is 5.93. The van der Waals surface area contributed by atoms with Crippen LogP contribution in [0.2, 0.25) is 0 Å². The third kappa shape index (κ3) is 3.91. The molecular weight excluding hydrogens is 380 g/mol. The first-order valence-corrected chi connectivity index (χ1v) is 10.5. The number of furan rings is 1. The van der Waals surface area contributed by atoms with Gasteiger partial charge in [0.25, 0.3) is 10.0 Å². The predicted molar refractivity (Wildman–Crippen MR) is 106 cm³/mol. The number of sulfonamides is 1. The van der Waals surface area contributed by atoms with E-state index in [0.717, 1.165) is 11.1 Å². The normalized spacial score (nSPS) is 19.6. The van der Waals surface area contributed by atoms with Crippen molar-refractivity contribution < 1.29 is 17.6 Å². The zero-order valence-corrected chi connectivity index (χ0v) is 17.5. The average molecular weight is 407 g/mol. The minimum absolute atomic E-state index is 0.0606. The van der Waals surface area contributed by atoms with Gasteiger partial charge in [0.15, 0.2) is 0 Å². The van der Waals surface area contributed by atoms with Crippen LogP contribution < -0.4 is 15.6 Å². The summed E-state index contributed by atoms with van der Waals surface area (Å²) in [6.07, 6.45) is 0. The number of hydrogen-bond acceptors (Lipinski definition) is 6. The Morgan fingerprint density at radius 2 is 1.89 bits per heavy atom. The molecule has 0 saturated carbocycles. The van der Waals surface area contributed by atoms with E-state index < -0.39 is 16.1 Å². The smallest absolute Gasteiger partial charge is 0.265 e. The van der Waals surface area contributed by atoms with Gasteiger partial charge in [-0.15, -0.1) is 0 Å². The van der Waals surface area contributed by atoms with Gasteiger partial charge in [-0.2, -0.15) is 0 Å². The molecule has 1 saturated heterocycles. The molecule has 152 valence electrons. The fourth-order valence-electron chi connectivity index (χ4n) is 3.25. The predicted octanol–water partition coefficient (Wildman–Crippen LogP) is 1.86. The highest BCUT2D eigenvalue weighted by molar-refractivity contribution is 7.92. The number of amides is 1. The summed E-state index contributed by atoms with van der Waals surface area (Å²) in [5, 5.41) is 0. The van der Waals surface area contributed by atoms with E-state index >= 15 is 0 Å². The van der Waals surface area contributed by atoms with Crippen LogP contribution in [0.1, 0.15) is 28.7 Å². The minimum Gasteiger partial charge on any atom is -0.463 e. The monoisotopic (exact) mass is 406 g/mol. The molecule has 1 amide bonds. The second-order valence-corrected chi connectivity index (χ2v) is 8.97. The van der Waals surface area contributed by atoms with E-state index in [1.165, 1.54) is 11.0 Å². The summed E-state index contributed by atoms with van der Waals surface area (Å²) in [7, 11) is -0.446. The van der Waals surface area contributed by atoms with Crippen molar-refractivity contribution in [3.63, 3.8) is 0 Å². The van der Waals surface area contributed by atoms with E-state index in [9.17, 15) is 13.2 Å². The number of carbonyl (C=O) groups excluding carboxylic acids is 1. The van der Waals surface area contributed by atoms with Gasteiger partial charge in [0.05, 0.1) is 12.0 Å². The number of rotatable bonds is 5. The minimum atomic E-state index is -3.82. The third-order valence-electron chi connectivity index (χ3n) is 4.99. The number of aryl methyl sites for hydroxylation is 3. The largest absolute Gasteiger partial charge is 0.463 e. The Hall–Kier alpha value is -2.36. The maximum Gasteiger partial charge on any atom is 0.265 e. The molecule has 3 N–H and O–H groups in total. The molecule has 2 heterocycles. The Labute approximate surface area is 165 Å². The van der Waals surface area contributed by atoms with E-state index in [-0.39, 0.29) is 22.5 Å². The number of hydrogen-bond donors (Lipinski definition) is 3. The lowest BCUT2D eigenvalue weighted by atomic mass is 9.98. The highest BCUT2D eigenvalue weighted by Gasteiger charge is 2.38. The van der Waals surface area contributed by atoms with Crippen molar-refractivity contribution >= 4 is 21.6 Å². The second kappa shape index (κ2) is 7.57. The summed E-state index contributed by atoms with van der Waals surface area (Å²) >= 11 is 0. The van der Waals surface area contributed by atoms with Gasteiger partial charge in [0.2, 0.25) is 5.91 Å². The van der Waals surface area contributed by atoms with Crippen molar-refractivity contribution in [2.45, 2.75) is 31.7 Å². The molecule has 1 aliphatic heterocycles. The van der Waals surface area contributed by atoms with Gasteiger partial charge in [-0.25, -0.2) is 13.8 Å². The molecule has 0 radical (unpaired) electrons. The number of anilines is 1. The SMILES string of the molecule is Cc1ccc(NS(=O)(=O)c2cc(C3NNCC3C(=O)N(C)C)oc2C)cc1C. The summed E-state index contributed by atoms with van der Waals surface area (Å²) < 4.78 is 34.1. The molecule has 9 heteroatoms. The lowest BCUT2D eigenvalue weighted by Gasteiger charge is -2.19. The van der Waals surface area contributed by atoms with Crippen LogP contribution in [-0.4, -0.2) is 39.9 Å². The molecule has 1 fully saturated rings. The molecule has 2 atom stereocenters. The van der Waals surface area contributed by atoms with E-state index in [1.807, 2.05) is 19.9 Å². The van der Waals surface area contributed by atoms with Crippen molar-refractivity contribution in [1.82, 2.24) is 15.8 Å². The Balaban J connectivity index is 1.88. The van der Waals surface area contributed by atoms with Gasteiger partial charge in [0, 0.05) is 32.4 Å². The average Bonchev–Trinajstić information content (AvgIpc) is 3.23. The van der Waals surface area contributed by atoms with Crippen LogP contribution in [0.4, 0.5) is 5.69 Å². The van der Waals surface area contributed by atoms with E-state index in [4.69, 9.17) is 4.42 Å². The Bertz CT molecular complexity index is 997. The van der Waals surface area contributed by atoms with Crippen LogP contribution in [-0.2, 0) is 14.8 Å². The highest BCUT2D eigenvalue weighted by Crippen LogP contribution is 2.32. The molecule has 1 aliphatic rings. The summed E-state index contributed by atoms with van der Waals surface area (Å²) in [4.78, 5) is 14.0. The number of nitrogens with zero attached hydrogens (tertiary/aromatic N) is 1. The fraction of sp³-hybridized carbons (Fsp3) is 0.421. The quantitative estimate of drug-likeness (QED) is 0.700. The molecule has 8 nitrogen and oxygen atoms in total. The first-order chi connectivity index (χ1) is 13.1. The Morgan fingerprint density at radius 1 is 1.18 bits per heavy atom. The molecule has 28 heavy (non-hydrogen) atoms. The molecule has 0 aliphatic carbocycles. The van der Waals surface area contributed by atoms with Crippen LogP contribution in [0.3, 0.4) is 0 Å². The third-order valence-corrected chi connectivity index (χ3v) is 6.48. The zero-order chi connectivity index (χ0) is 20.6. The topological polar surface area (TPSA) is 104 Å². The summed E-state index contributed by atoms with van der Waals surface area (Å²) in [5.41, 5.74) is 8.53. The number of hydrazine groups is 1. The van der Waals surface area contributed by atoms with Crippen LogP contribution >= 0.6 is 0 Å². The maximum atomic E-state index is 12.9. The number of benzene rings is 1. The van der Waals surface area contributed by atoms with Gasteiger partial charge in [-0.3, -0.25) is 14.9 Å². The lowest BCUT2D eigenvalue weighted by Crippen LogP contribution is -2.34. The number of carbonyl (C=O) groups is 1. The molecule has 3 rings (SSSR count). The van der Waals surface area contributed by atoms with Gasteiger partial charge < -0.3 is 9.32 Å². The van der Waals surface area contributed by atoms with Crippen LogP contribution in [0.15, 0.2) is 33.6 Å². The summed E-state index contributed by atoms with van der Waals surface area (Å²) in [5.74, 6) is 0.234. The van der Waals surface area contributed by atoms with Crippen molar-refractivity contribution in [2.75, 3.05) is 25.4 Å². The molecule has 0 bridgehead atoms. The Kier molecular flexibility index (Phi) is 5.51. The number of nitrogens with one attached hydrogen (secondary N) is 3. The maximum absolute atomic E-state index is 12.9. The van der Waals surface area contributed by atoms with Crippen molar-refractivity contribution in [2.24, 2.45) is 5.92 Å². The van der Waals surface area contributed by atoms with E-state index in [0.29, 0.717) is 18.0 Å². The molecule has 2 unspecified atom stereocenters. The highest BCUT2D eigenvalue weighted by atomic mass is 32.2. The molecular formula is C19H26N4O4S. The van der Waals surface area contributed by atoms with Crippen LogP contribution in [0.5, 0.6) is 0 Å². The molecule has 2 aromatic rings. The Morgan fingerprint density at radius 3 is 2.54 bits per heavy atom. The van der Waals surface area contributed by atoms with Crippen LogP contribution in [0.25, 0.3) is 0 Å². The molecule has 1 aromatic heterocycles. The fourth-order valence-corrected chi connectivity index (χ4v) is 4.49. The van der Waals surface area contributed by atoms with Crippen LogP contribution in [0, 0.1) is 26.7 Å². The van der Waals surface area contributed by atoms with Gasteiger partial charge in [-0.1, -0.05) is 6.07 Å². The van der Waals surface area contributed by atoms with Gasteiger partial charge in [0.1, 0.15) is 16.4 Å². The first kappa shape index (κ1) is 20.4. The molecule has 1 aromatic carbocycles. The van der Waals surface area contributed by atoms with Crippen molar-refractivity contribution in [1.29, 1.82) is 0 Å². The van der Waals surface area contributed by atoms with E-state index in [1.54, 1.807) is 33.2 Å². The van der Waals surface area contributed by atoms with Gasteiger partial charge in [-0.05, 0) is 44.0 Å². The van der Waals surface area contributed by atoms with Crippen molar-refractivity contribution in [3.8, 4) is 0 Å². The summed E-state index contributed by atoms with van der Waals surface area (Å²) in [6, 6.07) is 6.42. The van der Waals surface area contributed by atoms with Crippen molar-refractivity contribution in [3.05, 3.63) is 46.9 Å². The second-order valence-electron chi connectivity index (χ2n) is 7.32. The van der Waals surface area contributed by atoms with Gasteiger partial charge >= 0.3 is 0 Å².